The highest BCUT2D eigenvalue weighted by molar-refractivity contribution is 7.89. The number of sulfonamides is 1. The average Bonchev–Trinajstić information content (AvgIpc) is 2.54. The number of aromatic nitrogens is 1. The molecule has 0 aromatic carbocycles. The van der Waals surface area contributed by atoms with Crippen LogP contribution in [0.1, 0.15) is 39.0 Å². The van der Waals surface area contributed by atoms with Gasteiger partial charge in [0.2, 0.25) is 15.9 Å². The van der Waals surface area contributed by atoms with Crippen molar-refractivity contribution < 1.29 is 13.2 Å². The Hall–Kier alpha value is -1.47. The van der Waals surface area contributed by atoms with E-state index >= 15 is 0 Å². The number of piperidine rings is 1. The average molecular weight is 325 g/mol. The largest absolute Gasteiger partial charge is 0.353 e. The fraction of sp³-hybridized carbons (Fsp3) is 0.600. The molecular weight excluding hydrogens is 302 g/mol. The number of unbranched alkanes of at least 4 members (excludes halogenated alkanes) is 1. The maximum atomic E-state index is 12.5. The zero-order valence-corrected chi connectivity index (χ0v) is 13.7. The Morgan fingerprint density at radius 2 is 2.14 bits per heavy atom. The van der Waals surface area contributed by atoms with Crippen molar-refractivity contribution in [3.05, 3.63) is 24.5 Å². The first kappa shape index (κ1) is 16.9. The van der Waals surface area contributed by atoms with Crippen LogP contribution in [0.15, 0.2) is 29.4 Å². The predicted octanol–water partition coefficient (Wildman–Crippen LogP) is 1.54. The summed E-state index contributed by atoms with van der Waals surface area (Å²) in [4.78, 5) is 15.8. The van der Waals surface area contributed by atoms with Gasteiger partial charge in [0.15, 0.2) is 0 Å². The van der Waals surface area contributed by atoms with Crippen molar-refractivity contribution in [3.63, 3.8) is 0 Å². The van der Waals surface area contributed by atoms with Crippen molar-refractivity contribution in [1.29, 1.82) is 0 Å². The van der Waals surface area contributed by atoms with E-state index in [2.05, 4.69) is 17.2 Å². The first-order valence-electron chi connectivity index (χ1n) is 7.73. The van der Waals surface area contributed by atoms with Crippen LogP contribution in [0.3, 0.4) is 0 Å². The molecule has 0 saturated carbocycles. The molecule has 22 heavy (non-hydrogen) atoms. The quantitative estimate of drug-likeness (QED) is 0.860. The van der Waals surface area contributed by atoms with Gasteiger partial charge >= 0.3 is 0 Å². The third-order valence-corrected chi connectivity index (χ3v) is 5.73. The summed E-state index contributed by atoms with van der Waals surface area (Å²) in [5, 5.41) is 2.99. The smallest absolute Gasteiger partial charge is 0.244 e. The normalized spacial score (nSPS) is 17.3. The number of pyridine rings is 1. The molecule has 6 nitrogen and oxygen atoms in total. The summed E-state index contributed by atoms with van der Waals surface area (Å²) < 4.78 is 26.4. The number of rotatable bonds is 6. The van der Waals surface area contributed by atoms with Gasteiger partial charge in [-0.2, -0.15) is 4.31 Å². The Kier molecular flexibility index (Phi) is 5.90. The fourth-order valence-corrected chi connectivity index (χ4v) is 3.96. The monoisotopic (exact) mass is 325 g/mol. The highest BCUT2D eigenvalue weighted by Gasteiger charge is 2.29. The highest BCUT2D eigenvalue weighted by atomic mass is 32.2. The molecule has 0 spiro atoms. The summed E-state index contributed by atoms with van der Waals surface area (Å²) in [6, 6.07) is 3.25. The van der Waals surface area contributed by atoms with Crippen molar-refractivity contribution >= 4 is 15.9 Å². The molecular formula is C15H23N3O3S. The Morgan fingerprint density at radius 3 is 2.73 bits per heavy atom. The van der Waals surface area contributed by atoms with E-state index < -0.39 is 10.0 Å². The second kappa shape index (κ2) is 7.69. The molecule has 0 atom stereocenters. The van der Waals surface area contributed by atoms with Crippen LogP contribution in [-0.2, 0) is 14.8 Å². The summed E-state index contributed by atoms with van der Waals surface area (Å²) in [6.07, 6.45) is 6.65. The lowest BCUT2D eigenvalue weighted by atomic mass is 10.1. The molecule has 0 bridgehead atoms. The number of carbonyl (C=O) groups is 1. The van der Waals surface area contributed by atoms with Gasteiger partial charge in [0, 0.05) is 37.9 Å². The zero-order valence-electron chi connectivity index (χ0n) is 12.9. The predicted molar refractivity (Wildman–Crippen MR) is 83.7 cm³/mol. The van der Waals surface area contributed by atoms with Gasteiger partial charge in [0.05, 0.1) is 0 Å². The van der Waals surface area contributed by atoms with Crippen LogP contribution in [0.4, 0.5) is 0 Å². The molecule has 1 aromatic rings. The first-order chi connectivity index (χ1) is 10.5. The van der Waals surface area contributed by atoms with Crippen molar-refractivity contribution in [2.45, 2.75) is 50.0 Å². The van der Waals surface area contributed by atoms with E-state index in [4.69, 9.17) is 0 Å². The number of nitrogens with one attached hydrogen (secondary N) is 1. The van der Waals surface area contributed by atoms with Crippen LogP contribution >= 0.6 is 0 Å². The lowest BCUT2D eigenvalue weighted by Gasteiger charge is -2.31. The topological polar surface area (TPSA) is 79.4 Å². The summed E-state index contributed by atoms with van der Waals surface area (Å²) in [7, 11) is -3.47. The van der Waals surface area contributed by atoms with E-state index in [9.17, 15) is 13.2 Å². The number of carbonyl (C=O) groups excluding carboxylic acids is 1. The lowest BCUT2D eigenvalue weighted by molar-refractivity contribution is -0.122. The van der Waals surface area contributed by atoms with E-state index in [1.54, 1.807) is 18.3 Å². The number of hydrogen-bond donors (Lipinski definition) is 1. The van der Waals surface area contributed by atoms with Gasteiger partial charge in [-0.15, -0.1) is 0 Å². The fourth-order valence-electron chi connectivity index (χ4n) is 2.53. The van der Waals surface area contributed by atoms with Gasteiger partial charge in [0.1, 0.15) is 4.90 Å². The van der Waals surface area contributed by atoms with E-state index in [1.165, 1.54) is 10.5 Å². The van der Waals surface area contributed by atoms with Gasteiger partial charge in [0.25, 0.3) is 0 Å². The van der Waals surface area contributed by atoms with Crippen molar-refractivity contribution in [1.82, 2.24) is 14.6 Å². The third-order valence-electron chi connectivity index (χ3n) is 3.85. The highest BCUT2D eigenvalue weighted by Crippen LogP contribution is 2.20. The van der Waals surface area contributed by atoms with Crippen molar-refractivity contribution in [3.8, 4) is 0 Å². The molecule has 1 fully saturated rings. The molecule has 122 valence electrons. The maximum absolute atomic E-state index is 12.5. The zero-order chi connectivity index (χ0) is 16.0. The Morgan fingerprint density at radius 1 is 1.41 bits per heavy atom. The van der Waals surface area contributed by atoms with E-state index in [0.29, 0.717) is 32.4 Å². The Labute approximate surface area is 132 Å². The number of nitrogens with zero attached hydrogens (tertiary/aromatic N) is 2. The molecule has 2 heterocycles. The van der Waals surface area contributed by atoms with Crippen LogP contribution in [0.5, 0.6) is 0 Å². The molecule has 1 aliphatic heterocycles. The molecule has 1 aliphatic rings. The summed E-state index contributed by atoms with van der Waals surface area (Å²) in [5.74, 6) is 0.0652. The van der Waals surface area contributed by atoms with E-state index in [1.807, 2.05) is 0 Å². The van der Waals surface area contributed by atoms with Crippen LogP contribution in [0.2, 0.25) is 0 Å². The minimum absolute atomic E-state index is 0.0652. The summed E-state index contributed by atoms with van der Waals surface area (Å²) in [5.41, 5.74) is 0. The number of hydrogen-bond acceptors (Lipinski definition) is 4. The third kappa shape index (κ3) is 4.27. The lowest BCUT2D eigenvalue weighted by Crippen LogP contribution is -2.46. The van der Waals surface area contributed by atoms with E-state index in [-0.39, 0.29) is 16.8 Å². The Balaban J connectivity index is 1.88. The van der Waals surface area contributed by atoms with Crippen LogP contribution < -0.4 is 5.32 Å². The van der Waals surface area contributed by atoms with Gasteiger partial charge in [-0.05, 0) is 31.4 Å². The second-order valence-electron chi connectivity index (χ2n) is 5.54. The summed E-state index contributed by atoms with van der Waals surface area (Å²) >= 11 is 0. The molecule has 0 aliphatic carbocycles. The maximum Gasteiger partial charge on any atom is 0.244 e. The minimum Gasteiger partial charge on any atom is -0.353 e. The van der Waals surface area contributed by atoms with Crippen molar-refractivity contribution in [2.75, 3.05) is 13.1 Å². The van der Waals surface area contributed by atoms with Gasteiger partial charge in [-0.1, -0.05) is 13.3 Å². The second-order valence-corrected chi connectivity index (χ2v) is 7.48. The van der Waals surface area contributed by atoms with Crippen molar-refractivity contribution in [2.24, 2.45) is 0 Å². The molecule has 1 amide bonds. The molecule has 7 heteroatoms. The summed E-state index contributed by atoms with van der Waals surface area (Å²) in [6.45, 7) is 2.90. The van der Waals surface area contributed by atoms with Crippen LogP contribution in [-0.4, -0.2) is 42.7 Å². The SMILES string of the molecule is CCCCC(=O)NC1CCN(S(=O)(=O)c2cccnc2)CC1. The van der Waals surface area contributed by atoms with Crippen LogP contribution in [0.25, 0.3) is 0 Å². The van der Waals surface area contributed by atoms with E-state index in [0.717, 1.165) is 12.8 Å². The molecule has 1 N–H and O–H groups in total. The van der Waals surface area contributed by atoms with Gasteiger partial charge < -0.3 is 5.32 Å². The number of amides is 1. The molecule has 2 rings (SSSR count). The molecule has 1 aromatic heterocycles. The standard InChI is InChI=1S/C15H23N3O3S/c1-2-3-6-15(19)17-13-7-10-18(11-8-13)22(20,21)14-5-4-9-16-12-14/h4-5,9,12-13H,2-3,6-8,10-11H2,1H3,(H,17,19). The molecule has 0 radical (unpaired) electrons. The van der Waals surface area contributed by atoms with Crippen LogP contribution in [0, 0.1) is 0 Å². The molecule has 1 saturated heterocycles. The molecule has 0 unspecified atom stereocenters. The minimum atomic E-state index is -3.47. The van der Waals surface area contributed by atoms with Gasteiger partial charge in [-0.25, -0.2) is 8.42 Å². The Bertz CT molecular complexity index is 581. The van der Waals surface area contributed by atoms with Gasteiger partial charge in [-0.3, -0.25) is 9.78 Å². The first-order valence-corrected chi connectivity index (χ1v) is 9.17.